The fourth-order valence-electron chi connectivity index (χ4n) is 2.86. The SMILES string of the molecule is CCc1nccn1[C@@H]1CCCN(C(=O)CCNS(C)(=O)=O)C1. The topological polar surface area (TPSA) is 84.3 Å². The van der Waals surface area contributed by atoms with Gasteiger partial charge in [-0.05, 0) is 12.8 Å². The molecule has 7 nitrogen and oxygen atoms in total. The van der Waals surface area contributed by atoms with Crippen LogP contribution in [0.1, 0.15) is 38.1 Å². The van der Waals surface area contributed by atoms with E-state index < -0.39 is 10.0 Å². The third-order valence-electron chi connectivity index (χ3n) is 3.91. The van der Waals surface area contributed by atoms with Crippen LogP contribution in [0.3, 0.4) is 0 Å². The molecule has 0 spiro atoms. The molecule has 1 N–H and O–H groups in total. The normalized spacial score (nSPS) is 19.4. The molecular weight excluding hydrogens is 304 g/mol. The van der Waals surface area contributed by atoms with Gasteiger partial charge in [-0.2, -0.15) is 0 Å². The van der Waals surface area contributed by atoms with Crippen LogP contribution in [0.4, 0.5) is 0 Å². The fourth-order valence-corrected chi connectivity index (χ4v) is 3.33. The average Bonchev–Trinajstić information content (AvgIpc) is 2.94. The van der Waals surface area contributed by atoms with E-state index in [0.29, 0.717) is 6.54 Å². The van der Waals surface area contributed by atoms with Gasteiger partial charge in [0.25, 0.3) is 0 Å². The minimum absolute atomic E-state index is 0.000913. The van der Waals surface area contributed by atoms with Crippen LogP contribution in [-0.4, -0.2) is 54.7 Å². The number of sulfonamides is 1. The van der Waals surface area contributed by atoms with Crippen molar-refractivity contribution >= 4 is 15.9 Å². The lowest BCUT2D eigenvalue weighted by Gasteiger charge is -2.34. The van der Waals surface area contributed by atoms with E-state index in [1.54, 1.807) is 6.20 Å². The maximum Gasteiger partial charge on any atom is 0.223 e. The zero-order chi connectivity index (χ0) is 16.2. The van der Waals surface area contributed by atoms with Gasteiger partial charge in [-0.15, -0.1) is 0 Å². The third kappa shape index (κ3) is 4.54. The Balaban J connectivity index is 1.91. The van der Waals surface area contributed by atoms with E-state index in [-0.39, 0.29) is 24.9 Å². The van der Waals surface area contributed by atoms with Crippen LogP contribution in [0.15, 0.2) is 12.4 Å². The standard InChI is InChI=1S/C14H24N4O3S/c1-3-13-15-8-10-18(13)12-5-4-9-17(11-12)14(19)6-7-16-22(2,20)21/h8,10,12,16H,3-7,9,11H2,1-2H3/t12-/m1/s1. The van der Waals surface area contributed by atoms with Crippen molar-refractivity contribution in [2.75, 3.05) is 25.9 Å². The van der Waals surface area contributed by atoms with Gasteiger partial charge >= 0.3 is 0 Å². The molecule has 0 saturated carbocycles. The van der Waals surface area contributed by atoms with Crippen LogP contribution in [0, 0.1) is 0 Å². The van der Waals surface area contributed by atoms with E-state index in [9.17, 15) is 13.2 Å². The first kappa shape index (κ1) is 17.0. The van der Waals surface area contributed by atoms with Crippen molar-refractivity contribution in [1.29, 1.82) is 0 Å². The number of nitrogens with one attached hydrogen (secondary N) is 1. The van der Waals surface area contributed by atoms with Crippen LogP contribution in [0.2, 0.25) is 0 Å². The lowest BCUT2D eigenvalue weighted by molar-refractivity contribution is -0.132. The summed E-state index contributed by atoms with van der Waals surface area (Å²) in [6.07, 6.45) is 7.93. The second kappa shape index (κ2) is 7.23. The van der Waals surface area contributed by atoms with Gasteiger partial charge in [0.15, 0.2) is 0 Å². The molecule has 0 aromatic carbocycles. The summed E-state index contributed by atoms with van der Waals surface area (Å²) in [5.41, 5.74) is 0. The van der Waals surface area contributed by atoms with E-state index in [0.717, 1.165) is 37.9 Å². The molecule has 1 fully saturated rings. The summed E-state index contributed by atoms with van der Waals surface area (Å²) < 4.78 is 26.6. The number of hydrogen-bond donors (Lipinski definition) is 1. The molecule has 1 saturated heterocycles. The van der Waals surface area contributed by atoms with Crippen molar-refractivity contribution in [2.45, 2.75) is 38.6 Å². The number of aromatic nitrogens is 2. The van der Waals surface area contributed by atoms with Crippen LogP contribution >= 0.6 is 0 Å². The van der Waals surface area contributed by atoms with Crippen molar-refractivity contribution in [3.8, 4) is 0 Å². The van der Waals surface area contributed by atoms with E-state index >= 15 is 0 Å². The number of carbonyl (C=O) groups is 1. The zero-order valence-corrected chi connectivity index (χ0v) is 14.0. The number of carbonyl (C=O) groups excluding carboxylic acids is 1. The van der Waals surface area contributed by atoms with Gasteiger partial charge in [-0.1, -0.05) is 6.92 Å². The Bertz CT molecular complexity index is 611. The summed E-state index contributed by atoms with van der Waals surface area (Å²) >= 11 is 0. The highest BCUT2D eigenvalue weighted by Gasteiger charge is 2.25. The Morgan fingerprint density at radius 3 is 2.95 bits per heavy atom. The van der Waals surface area contributed by atoms with Gasteiger partial charge in [-0.25, -0.2) is 18.1 Å². The second-order valence-electron chi connectivity index (χ2n) is 5.66. The van der Waals surface area contributed by atoms with Crippen molar-refractivity contribution in [1.82, 2.24) is 19.2 Å². The molecule has 2 heterocycles. The highest BCUT2D eigenvalue weighted by atomic mass is 32.2. The Labute approximate surface area is 131 Å². The van der Waals surface area contributed by atoms with Crippen molar-refractivity contribution in [3.63, 3.8) is 0 Å². The third-order valence-corrected chi connectivity index (χ3v) is 4.64. The van der Waals surface area contributed by atoms with Crippen LogP contribution in [0.25, 0.3) is 0 Å². The predicted octanol–water partition coefficient (Wildman–Crippen LogP) is 0.548. The molecule has 0 bridgehead atoms. The quantitative estimate of drug-likeness (QED) is 0.826. The van der Waals surface area contributed by atoms with Gasteiger partial charge in [-0.3, -0.25) is 4.79 Å². The first-order valence-electron chi connectivity index (χ1n) is 7.65. The minimum Gasteiger partial charge on any atom is -0.341 e. The van der Waals surface area contributed by atoms with Crippen LogP contribution in [-0.2, 0) is 21.2 Å². The smallest absolute Gasteiger partial charge is 0.223 e. The Hall–Kier alpha value is -1.41. The average molecular weight is 328 g/mol. The van der Waals surface area contributed by atoms with E-state index in [1.165, 1.54) is 0 Å². The maximum atomic E-state index is 12.2. The molecular formula is C14H24N4O3S. The van der Waals surface area contributed by atoms with Crippen molar-refractivity contribution < 1.29 is 13.2 Å². The number of rotatable bonds is 6. The number of aryl methyl sites for hydroxylation is 1. The summed E-state index contributed by atoms with van der Waals surface area (Å²) in [5.74, 6) is 1.04. The van der Waals surface area contributed by atoms with Gasteiger partial charge in [0.05, 0.1) is 12.3 Å². The summed E-state index contributed by atoms with van der Waals surface area (Å²) in [7, 11) is -3.24. The molecule has 1 aromatic rings. The number of nitrogens with zero attached hydrogens (tertiary/aromatic N) is 3. The molecule has 1 atom stereocenters. The summed E-state index contributed by atoms with van der Waals surface area (Å²) in [6.45, 7) is 3.64. The lowest BCUT2D eigenvalue weighted by Crippen LogP contribution is -2.42. The number of piperidine rings is 1. The van der Waals surface area contributed by atoms with Crippen LogP contribution in [0.5, 0.6) is 0 Å². The highest BCUT2D eigenvalue weighted by Crippen LogP contribution is 2.23. The minimum atomic E-state index is -3.24. The molecule has 1 amide bonds. The monoisotopic (exact) mass is 328 g/mol. The Morgan fingerprint density at radius 1 is 1.50 bits per heavy atom. The molecule has 1 aliphatic rings. The largest absolute Gasteiger partial charge is 0.341 e. The van der Waals surface area contributed by atoms with Crippen LogP contribution < -0.4 is 4.72 Å². The van der Waals surface area contributed by atoms with Crippen molar-refractivity contribution in [2.24, 2.45) is 0 Å². The highest BCUT2D eigenvalue weighted by molar-refractivity contribution is 7.88. The molecule has 0 unspecified atom stereocenters. The fraction of sp³-hybridized carbons (Fsp3) is 0.714. The Kier molecular flexibility index (Phi) is 5.57. The molecule has 1 aromatic heterocycles. The molecule has 0 radical (unpaired) electrons. The summed E-state index contributed by atoms with van der Waals surface area (Å²) in [6, 6.07) is 0.262. The summed E-state index contributed by atoms with van der Waals surface area (Å²) in [5, 5.41) is 0. The number of imidazole rings is 1. The first-order chi connectivity index (χ1) is 10.4. The van der Waals surface area contributed by atoms with Crippen molar-refractivity contribution in [3.05, 3.63) is 18.2 Å². The summed E-state index contributed by atoms with van der Waals surface area (Å²) in [4.78, 5) is 18.4. The van der Waals surface area contributed by atoms with Gasteiger partial charge < -0.3 is 9.47 Å². The van der Waals surface area contributed by atoms with E-state index in [1.807, 2.05) is 11.1 Å². The van der Waals surface area contributed by atoms with Gasteiger partial charge in [0, 0.05) is 44.9 Å². The first-order valence-corrected chi connectivity index (χ1v) is 9.54. The zero-order valence-electron chi connectivity index (χ0n) is 13.2. The molecule has 22 heavy (non-hydrogen) atoms. The van der Waals surface area contributed by atoms with Gasteiger partial charge in [0.1, 0.15) is 5.82 Å². The molecule has 124 valence electrons. The number of hydrogen-bond acceptors (Lipinski definition) is 4. The number of likely N-dealkylation sites (tertiary alicyclic amines) is 1. The predicted molar refractivity (Wildman–Crippen MR) is 83.9 cm³/mol. The molecule has 0 aliphatic carbocycles. The van der Waals surface area contributed by atoms with Gasteiger partial charge in [0.2, 0.25) is 15.9 Å². The lowest BCUT2D eigenvalue weighted by atomic mass is 10.0. The van der Waals surface area contributed by atoms with E-state index in [2.05, 4.69) is 21.2 Å². The molecule has 8 heteroatoms. The molecule has 2 rings (SSSR count). The van der Waals surface area contributed by atoms with E-state index in [4.69, 9.17) is 0 Å². The molecule has 1 aliphatic heterocycles. The second-order valence-corrected chi connectivity index (χ2v) is 7.49. The number of amides is 1. The maximum absolute atomic E-state index is 12.2. The Morgan fingerprint density at radius 2 is 2.27 bits per heavy atom.